The van der Waals surface area contributed by atoms with Crippen molar-refractivity contribution in [3.63, 3.8) is 0 Å². The lowest BCUT2D eigenvalue weighted by Crippen LogP contribution is -2.64. The first-order valence-electron chi connectivity index (χ1n) is 8.68. The van der Waals surface area contributed by atoms with Crippen molar-refractivity contribution in [2.24, 2.45) is 5.41 Å². The van der Waals surface area contributed by atoms with Crippen LogP contribution in [0.2, 0.25) is 0 Å². The molecular formula is C17H31NO. The number of ether oxygens (including phenoxy) is 1. The minimum Gasteiger partial charge on any atom is -0.374 e. The molecule has 0 bridgehead atoms. The van der Waals surface area contributed by atoms with Gasteiger partial charge >= 0.3 is 0 Å². The maximum Gasteiger partial charge on any atom is 0.0665 e. The minimum absolute atomic E-state index is 0.499. The van der Waals surface area contributed by atoms with E-state index in [0.717, 1.165) is 6.04 Å². The molecule has 2 atom stereocenters. The maximum atomic E-state index is 6.59. The normalized spacial score (nSPS) is 35.8. The zero-order chi connectivity index (χ0) is 13.1. The van der Waals surface area contributed by atoms with E-state index in [1.165, 1.54) is 77.0 Å². The van der Waals surface area contributed by atoms with Crippen molar-refractivity contribution in [3.8, 4) is 0 Å². The molecule has 0 amide bonds. The molecule has 0 heterocycles. The van der Waals surface area contributed by atoms with Crippen LogP contribution in [0.25, 0.3) is 0 Å². The predicted octanol–water partition coefficient (Wildman–Crippen LogP) is 4.04. The van der Waals surface area contributed by atoms with Crippen molar-refractivity contribution in [1.82, 2.24) is 5.32 Å². The molecule has 2 heteroatoms. The topological polar surface area (TPSA) is 21.3 Å². The first-order chi connectivity index (χ1) is 9.35. The van der Waals surface area contributed by atoms with Gasteiger partial charge in [-0.05, 0) is 39.2 Å². The Balaban J connectivity index is 1.60. The summed E-state index contributed by atoms with van der Waals surface area (Å²) in [6.45, 7) is 0. The van der Waals surface area contributed by atoms with Gasteiger partial charge in [-0.15, -0.1) is 0 Å². The largest absolute Gasteiger partial charge is 0.374 e. The molecule has 0 saturated heterocycles. The van der Waals surface area contributed by atoms with E-state index in [4.69, 9.17) is 4.74 Å². The average molecular weight is 265 g/mol. The van der Waals surface area contributed by atoms with Crippen molar-refractivity contribution in [2.75, 3.05) is 7.05 Å². The fourth-order valence-electron chi connectivity index (χ4n) is 4.83. The highest BCUT2D eigenvalue weighted by Crippen LogP contribution is 2.53. The molecule has 1 N–H and O–H groups in total. The number of rotatable bonds is 3. The average Bonchev–Trinajstić information content (AvgIpc) is 2.72. The Kier molecular flexibility index (Phi) is 4.48. The van der Waals surface area contributed by atoms with Crippen molar-refractivity contribution in [1.29, 1.82) is 0 Å². The van der Waals surface area contributed by atoms with Crippen LogP contribution in [0.3, 0.4) is 0 Å². The molecule has 3 aliphatic carbocycles. The summed E-state index contributed by atoms with van der Waals surface area (Å²) in [6, 6.07) is 0.726. The molecule has 1 spiro atoms. The Bertz CT molecular complexity index is 277. The molecule has 0 aliphatic heterocycles. The monoisotopic (exact) mass is 265 g/mol. The van der Waals surface area contributed by atoms with Gasteiger partial charge < -0.3 is 10.1 Å². The minimum atomic E-state index is 0.499. The van der Waals surface area contributed by atoms with E-state index in [9.17, 15) is 0 Å². The van der Waals surface area contributed by atoms with Crippen LogP contribution < -0.4 is 5.32 Å². The fraction of sp³-hybridized carbons (Fsp3) is 1.00. The van der Waals surface area contributed by atoms with E-state index in [1.54, 1.807) is 0 Å². The van der Waals surface area contributed by atoms with E-state index in [2.05, 4.69) is 12.4 Å². The molecule has 2 nitrogen and oxygen atoms in total. The number of hydrogen-bond donors (Lipinski definition) is 1. The smallest absolute Gasteiger partial charge is 0.0665 e. The van der Waals surface area contributed by atoms with Gasteiger partial charge in [0.15, 0.2) is 0 Å². The van der Waals surface area contributed by atoms with Crippen LogP contribution in [-0.2, 0) is 4.74 Å². The van der Waals surface area contributed by atoms with Crippen LogP contribution in [-0.4, -0.2) is 25.3 Å². The van der Waals surface area contributed by atoms with Crippen LogP contribution in [0.4, 0.5) is 0 Å². The van der Waals surface area contributed by atoms with E-state index < -0.39 is 0 Å². The second-order valence-electron chi connectivity index (χ2n) is 7.11. The molecule has 0 aromatic carbocycles. The lowest BCUT2D eigenvalue weighted by Gasteiger charge is -2.58. The van der Waals surface area contributed by atoms with Crippen molar-refractivity contribution in [3.05, 3.63) is 0 Å². The highest BCUT2D eigenvalue weighted by atomic mass is 16.5. The zero-order valence-electron chi connectivity index (χ0n) is 12.6. The standard InChI is InChI=1S/C17H31NO/c1-18-15-13-16(17(15)11-7-4-8-12-17)19-14-9-5-2-3-6-10-14/h14-16,18H,2-13H2,1H3. The highest BCUT2D eigenvalue weighted by Gasteiger charge is 2.55. The van der Waals surface area contributed by atoms with Gasteiger partial charge in [0.25, 0.3) is 0 Å². The number of hydrogen-bond acceptors (Lipinski definition) is 2. The summed E-state index contributed by atoms with van der Waals surface area (Å²) >= 11 is 0. The molecule has 0 aromatic rings. The van der Waals surface area contributed by atoms with E-state index in [-0.39, 0.29) is 0 Å². The van der Waals surface area contributed by atoms with Gasteiger partial charge in [-0.2, -0.15) is 0 Å². The van der Waals surface area contributed by atoms with Crippen LogP contribution in [0.5, 0.6) is 0 Å². The third-order valence-electron chi connectivity index (χ3n) is 6.08. The molecule has 3 fully saturated rings. The van der Waals surface area contributed by atoms with Crippen LogP contribution in [0.15, 0.2) is 0 Å². The van der Waals surface area contributed by atoms with E-state index in [0.29, 0.717) is 17.6 Å². The zero-order valence-corrected chi connectivity index (χ0v) is 12.6. The second-order valence-corrected chi connectivity index (χ2v) is 7.11. The predicted molar refractivity (Wildman–Crippen MR) is 79.3 cm³/mol. The third kappa shape index (κ3) is 2.71. The molecular weight excluding hydrogens is 234 g/mol. The Morgan fingerprint density at radius 2 is 1.53 bits per heavy atom. The van der Waals surface area contributed by atoms with Gasteiger partial charge in [-0.1, -0.05) is 44.9 Å². The molecule has 2 unspecified atom stereocenters. The van der Waals surface area contributed by atoms with Gasteiger partial charge in [-0.25, -0.2) is 0 Å². The summed E-state index contributed by atoms with van der Waals surface area (Å²) in [5.41, 5.74) is 0.499. The Morgan fingerprint density at radius 3 is 2.16 bits per heavy atom. The highest BCUT2D eigenvalue weighted by molar-refractivity contribution is 5.08. The van der Waals surface area contributed by atoms with Crippen molar-refractivity contribution in [2.45, 2.75) is 95.3 Å². The third-order valence-corrected chi connectivity index (χ3v) is 6.08. The fourth-order valence-corrected chi connectivity index (χ4v) is 4.83. The summed E-state index contributed by atoms with van der Waals surface area (Å²) in [4.78, 5) is 0. The second kappa shape index (κ2) is 6.13. The van der Waals surface area contributed by atoms with Gasteiger partial charge in [-0.3, -0.25) is 0 Å². The summed E-state index contributed by atoms with van der Waals surface area (Å²) in [5, 5.41) is 3.56. The molecule has 19 heavy (non-hydrogen) atoms. The summed E-state index contributed by atoms with van der Waals surface area (Å²) in [7, 11) is 2.14. The van der Waals surface area contributed by atoms with Crippen LogP contribution in [0.1, 0.15) is 77.0 Å². The van der Waals surface area contributed by atoms with Crippen LogP contribution in [0, 0.1) is 5.41 Å². The van der Waals surface area contributed by atoms with Gasteiger partial charge in [0.2, 0.25) is 0 Å². The molecule has 0 aromatic heterocycles. The van der Waals surface area contributed by atoms with Crippen LogP contribution >= 0.6 is 0 Å². The molecule has 3 rings (SSSR count). The first-order valence-corrected chi connectivity index (χ1v) is 8.68. The Morgan fingerprint density at radius 1 is 0.895 bits per heavy atom. The maximum absolute atomic E-state index is 6.59. The van der Waals surface area contributed by atoms with Gasteiger partial charge in [0.1, 0.15) is 0 Å². The first kappa shape index (κ1) is 13.9. The Labute approximate surface area is 118 Å². The lowest BCUT2D eigenvalue weighted by atomic mass is 9.55. The van der Waals surface area contributed by atoms with E-state index >= 15 is 0 Å². The molecule has 3 aliphatic rings. The lowest BCUT2D eigenvalue weighted by molar-refractivity contribution is -0.177. The summed E-state index contributed by atoms with van der Waals surface area (Å²) in [6.07, 6.45) is 17.7. The quantitative estimate of drug-likeness (QED) is 0.778. The van der Waals surface area contributed by atoms with Crippen molar-refractivity contribution < 1.29 is 4.74 Å². The number of nitrogens with one attached hydrogen (secondary N) is 1. The van der Waals surface area contributed by atoms with Gasteiger partial charge in [0.05, 0.1) is 12.2 Å². The Hall–Kier alpha value is -0.0800. The summed E-state index contributed by atoms with van der Waals surface area (Å²) in [5.74, 6) is 0. The summed E-state index contributed by atoms with van der Waals surface area (Å²) < 4.78 is 6.59. The molecule has 0 radical (unpaired) electrons. The van der Waals surface area contributed by atoms with Gasteiger partial charge in [0, 0.05) is 11.5 Å². The van der Waals surface area contributed by atoms with Crippen molar-refractivity contribution >= 4 is 0 Å². The SMILES string of the molecule is CNC1CC(OC2CCCCCC2)C12CCCCC2. The molecule has 3 saturated carbocycles. The van der Waals surface area contributed by atoms with E-state index in [1.807, 2.05) is 0 Å². The molecule has 110 valence electrons.